The first-order chi connectivity index (χ1) is 8.95. The molecule has 1 aliphatic heterocycles. The Morgan fingerprint density at radius 3 is 2.42 bits per heavy atom. The van der Waals surface area contributed by atoms with Crippen molar-refractivity contribution >= 4 is 11.7 Å². The van der Waals surface area contributed by atoms with Crippen LogP contribution < -0.4 is 11.1 Å². The number of nitrogens with two attached hydrogens (primary N) is 1. The van der Waals surface area contributed by atoms with E-state index in [2.05, 4.69) is 15.4 Å². The normalized spacial score (nSPS) is 20.5. The van der Waals surface area contributed by atoms with Crippen LogP contribution >= 0.6 is 0 Å². The number of carbonyl (C=O) groups excluding carboxylic acids is 1. The highest BCUT2D eigenvalue weighted by Crippen LogP contribution is 2.12. The van der Waals surface area contributed by atoms with Crippen molar-refractivity contribution in [2.75, 3.05) is 19.6 Å². The molecule has 0 bridgehead atoms. The van der Waals surface area contributed by atoms with Crippen LogP contribution in [0.5, 0.6) is 0 Å². The summed E-state index contributed by atoms with van der Waals surface area (Å²) in [4.78, 5) is 14.5. The number of amidine groups is 1. The standard InChI is InChI=1S/C13H26N4O2/c1-9(2)11(12(14)16-19)13(18)15-10(3)8-17-6-4-5-7-17/h9-11,19H,4-8H2,1-3H3,(H2,14,16)(H,15,18). The van der Waals surface area contributed by atoms with Crippen molar-refractivity contribution in [1.82, 2.24) is 10.2 Å². The van der Waals surface area contributed by atoms with Gasteiger partial charge in [0.2, 0.25) is 5.91 Å². The molecule has 1 heterocycles. The lowest BCUT2D eigenvalue weighted by molar-refractivity contribution is -0.124. The van der Waals surface area contributed by atoms with Crippen molar-refractivity contribution in [3.05, 3.63) is 0 Å². The van der Waals surface area contributed by atoms with Gasteiger partial charge >= 0.3 is 0 Å². The van der Waals surface area contributed by atoms with Gasteiger partial charge in [-0.05, 0) is 38.8 Å². The zero-order valence-electron chi connectivity index (χ0n) is 12.1. The Kier molecular flexibility index (Phi) is 6.08. The predicted molar refractivity (Wildman–Crippen MR) is 75.0 cm³/mol. The van der Waals surface area contributed by atoms with Crippen molar-refractivity contribution in [3.63, 3.8) is 0 Å². The Labute approximate surface area is 115 Å². The zero-order chi connectivity index (χ0) is 14.4. The number of hydrogen-bond acceptors (Lipinski definition) is 4. The number of carbonyl (C=O) groups is 1. The molecule has 6 nitrogen and oxygen atoms in total. The van der Waals surface area contributed by atoms with Crippen molar-refractivity contribution < 1.29 is 10.0 Å². The maximum absolute atomic E-state index is 12.2. The molecule has 2 unspecified atom stereocenters. The Morgan fingerprint density at radius 2 is 1.95 bits per heavy atom. The Bertz CT molecular complexity index is 325. The van der Waals surface area contributed by atoms with Gasteiger partial charge in [-0.25, -0.2) is 0 Å². The molecule has 0 aromatic heterocycles. The smallest absolute Gasteiger partial charge is 0.231 e. The van der Waals surface area contributed by atoms with Gasteiger partial charge in [0.15, 0.2) is 5.84 Å². The lowest BCUT2D eigenvalue weighted by Crippen LogP contribution is -2.48. The summed E-state index contributed by atoms with van der Waals surface area (Å²) in [5.74, 6) is -0.779. The van der Waals surface area contributed by atoms with Crippen LogP contribution in [0.4, 0.5) is 0 Å². The largest absolute Gasteiger partial charge is 0.409 e. The van der Waals surface area contributed by atoms with Gasteiger partial charge in [-0.3, -0.25) is 4.79 Å². The fourth-order valence-corrected chi connectivity index (χ4v) is 2.57. The van der Waals surface area contributed by atoms with E-state index < -0.39 is 5.92 Å². The second-order valence-electron chi connectivity index (χ2n) is 5.66. The SMILES string of the molecule is CC(CN1CCCC1)NC(=O)C(C(N)=NO)C(C)C. The number of oxime groups is 1. The quantitative estimate of drug-likeness (QED) is 0.285. The third-order valence-electron chi connectivity index (χ3n) is 3.50. The maximum Gasteiger partial charge on any atom is 0.231 e. The van der Waals surface area contributed by atoms with Crippen LogP contribution in [0.2, 0.25) is 0 Å². The van der Waals surface area contributed by atoms with Crippen molar-refractivity contribution in [3.8, 4) is 0 Å². The second kappa shape index (κ2) is 7.33. The molecule has 0 saturated carbocycles. The van der Waals surface area contributed by atoms with E-state index in [1.807, 2.05) is 20.8 Å². The molecular formula is C13H26N4O2. The summed E-state index contributed by atoms with van der Waals surface area (Å²) in [5.41, 5.74) is 5.59. The fraction of sp³-hybridized carbons (Fsp3) is 0.846. The molecule has 110 valence electrons. The number of nitrogens with one attached hydrogen (secondary N) is 1. The van der Waals surface area contributed by atoms with Gasteiger partial charge in [-0.15, -0.1) is 0 Å². The summed E-state index contributed by atoms with van der Waals surface area (Å²) >= 11 is 0. The molecule has 0 radical (unpaired) electrons. The summed E-state index contributed by atoms with van der Waals surface area (Å²) in [5, 5.41) is 14.7. The monoisotopic (exact) mass is 270 g/mol. The van der Waals surface area contributed by atoms with Gasteiger partial charge in [0.05, 0.1) is 0 Å². The lowest BCUT2D eigenvalue weighted by atomic mass is 9.93. The molecule has 6 heteroatoms. The van der Waals surface area contributed by atoms with Crippen LogP contribution in [0.15, 0.2) is 5.16 Å². The van der Waals surface area contributed by atoms with Gasteiger partial charge in [0.25, 0.3) is 0 Å². The van der Waals surface area contributed by atoms with E-state index in [0.29, 0.717) is 0 Å². The van der Waals surface area contributed by atoms with Crippen LogP contribution in [0.3, 0.4) is 0 Å². The van der Waals surface area contributed by atoms with Crippen LogP contribution in [0.25, 0.3) is 0 Å². The minimum atomic E-state index is -0.578. The Morgan fingerprint density at radius 1 is 1.37 bits per heavy atom. The summed E-state index contributed by atoms with van der Waals surface area (Å²) in [6, 6.07) is 0.0679. The number of amides is 1. The average molecular weight is 270 g/mol. The highest BCUT2D eigenvalue weighted by atomic mass is 16.4. The molecule has 19 heavy (non-hydrogen) atoms. The first kappa shape index (κ1) is 15.8. The van der Waals surface area contributed by atoms with Crippen molar-refractivity contribution in [1.29, 1.82) is 0 Å². The van der Waals surface area contributed by atoms with Crippen LogP contribution in [0, 0.1) is 11.8 Å². The van der Waals surface area contributed by atoms with Gasteiger partial charge in [0, 0.05) is 12.6 Å². The summed E-state index contributed by atoms with van der Waals surface area (Å²) in [7, 11) is 0. The van der Waals surface area contributed by atoms with Gasteiger partial charge < -0.3 is 21.2 Å². The number of rotatable bonds is 6. The van der Waals surface area contributed by atoms with Crippen LogP contribution in [0.1, 0.15) is 33.6 Å². The van der Waals surface area contributed by atoms with E-state index >= 15 is 0 Å². The Balaban J connectivity index is 2.50. The molecule has 0 aromatic carbocycles. The van der Waals surface area contributed by atoms with E-state index in [1.165, 1.54) is 12.8 Å². The lowest BCUT2D eigenvalue weighted by Gasteiger charge is -2.24. The van der Waals surface area contributed by atoms with Crippen molar-refractivity contribution in [2.45, 2.75) is 39.7 Å². The average Bonchev–Trinajstić information content (AvgIpc) is 2.80. The van der Waals surface area contributed by atoms with Gasteiger partial charge in [0.1, 0.15) is 5.92 Å². The fourth-order valence-electron chi connectivity index (χ4n) is 2.57. The topological polar surface area (TPSA) is 91.0 Å². The predicted octanol–water partition coefficient (Wildman–Crippen LogP) is 0.606. The van der Waals surface area contributed by atoms with Gasteiger partial charge in [-0.1, -0.05) is 19.0 Å². The van der Waals surface area contributed by atoms with Gasteiger partial charge in [-0.2, -0.15) is 0 Å². The second-order valence-corrected chi connectivity index (χ2v) is 5.66. The molecule has 0 aromatic rings. The first-order valence-electron chi connectivity index (χ1n) is 6.95. The summed E-state index contributed by atoms with van der Waals surface area (Å²) in [6.07, 6.45) is 2.47. The molecule has 0 aliphatic carbocycles. The Hall–Kier alpha value is -1.30. The third kappa shape index (κ3) is 4.70. The van der Waals surface area contributed by atoms with E-state index in [-0.39, 0.29) is 23.7 Å². The molecule has 0 spiro atoms. The van der Waals surface area contributed by atoms with E-state index in [1.54, 1.807) is 0 Å². The highest BCUT2D eigenvalue weighted by molar-refractivity contribution is 6.02. The third-order valence-corrected chi connectivity index (χ3v) is 3.50. The molecule has 1 aliphatic rings. The van der Waals surface area contributed by atoms with E-state index in [4.69, 9.17) is 10.9 Å². The van der Waals surface area contributed by atoms with Crippen molar-refractivity contribution in [2.24, 2.45) is 22.7 Å². The maximum atomic E-state index is 12.2. The zero-order valence-corrected chi connectivity index (χ0v) is 12.1. The molecule has 4 N–H and O–H groups in total. The molecular weight excluding hydrogens is 244 g/mol. The highest BCUT2D eigenvalue weighted by Gasteiger charge is 2.28. The molecule has 1 rings (SSSR count). The number of hydrogen-bond donors (Lipinski definition) is 3. The minimum absolute atomic E-state index is 0.00473. The van der Waals surface area contributed by atoms with E-state index in [9.17, 15) is 4.79 Å². The van der Waals surface area contributed by atoms with Crippen LogP contribution in [-0.4, -0.2) is 47.5 Å². The van der Waals surface area contributed by atoms with E-state index in [0.717, 1.165) is 19.6 Å². The minimum Gasteiger partial charge on any atom is -0.409 e. The first-order valence-corrected chi connectivity index (χ1v) is 6.95. The van der Waals surface area contributed by atoms with Crippen LogP contribution in [-0.2, 0) is 4.79 Å². The molecule has 1 saturated heterocycles. The number of nitrogens with zero attached hydrogens (tertiary/aromatic N) is 2. The molecule has 1 amide bonds. The molecule has 2 atom stereocenters. The number of likely N-dealkylation sites (tertiary alicyclic amines) is 1. The summed E-state index contributed by atoms with van der Waals surface area (Å²) in [6.45, 7) is 8.82. The molecule has 1 fully saturated rings. The summed E-state index contributed by atoms with van der Waals surface area (Å²) < 4.78 is 0.